The van der Waals surface area contributed by atoms with Gasteiger partial charge in [0.1, 0.15) is 11.6 Å². The summed E-state index contributed by atoms with van der Waals surface area (Å²) >= 11 is 11.6. The summed E-state index contributed by atoms with van der Waals surface area (Å²) in [5, 5.41) is 11.6. The van der Waals surface area contributed by atoms with E-state index in [0.717, 1.165) is 0 Å². The van der Waals surface area contributed by atoms with E-state index in [0.29, 0.717) is 15.6 Å². The number of alkyl carbamates (subject to hydrolysis) is 1. The molecule has 0 atom stereocenters. The zero-order valence-electron chi connectivity index (χ0n) is 11.3. The minimum atomic E-state index is -0.912. The Labute approximate surface area is 132 Å². The molecule has 0 radical (unpaired) electrons. The third-order valence-electron chi connectivity index (χ3n) is 2.18. The summed E-state index contributed by atoms with van der Waals surface area (Å²) in [4.78, 5) is 23.1. The van der Waals surface area contributed by atoms with E-state index >= 15 is 0 Å². The number of carbonyl (C=O) groups excluding carboxylic acids is 2. The van der Waals surface area contributed by atoms with Gasteiger partial charge in [-0.05, 0) is 37.6 Å². The lowest BCUT2D eigenvalue weighted by molar-refractivity contribution is -0.116. The number of benzene rings is 1. The number of amides is 2. The van der Waals surface area contributed by atoms with Gasteiger partial charge in [-0.1, -0.05) is 29.3 Å². The van der Waals surface area contributed by atoms with Crippen LogP contribution < -0.4 is 5.32 Å². The highest BCUT2D eigenvalue weighted by Crippen LogP contribution is 2.23. The van der Waals surface area contributed by atoms with Crippen LogP contribution in [-0.4, -0.2) is 18.1 Å². The molecule has 0 aliphatic carbocycles. The van der Waals surface area contributed by atoms with E-state index in [4.69, 9.17) is 33.2 Å². The van der Waals surface area contributed by atoms with Crippen molar-refractivity contribution >= 4 is 41.3 Å². The minimum Gasteiger partial charge on any atom is -0.447 e. The number of nitrogens with zero attached hydrogens (tertiary/aromatic N) is 1. The van der Waals surface area contributed by atoms with Gasteiger partial charge in [0.25, 0.3) is 5.91 Å². The zero-order valence-corrected chi connectivity index (χ0v) is 12.8. The Balaban J connectivity index is 2.89. The average molecular weight is 327 g/mol. The standard InChI is InChI=1S/C14H12Cl2N2O3/c1-8(2)21-14(20)18-13(19)10(7-17)5-9-3-4-11(15)12(16)6-9/h3-6,8H,1-2H3,(H,18,19,20)/b10-5+. The molecule has 0 fully saturated rings. The number of hydrogen-bond donors (Lipinski definition) is 1. The second-order valence-electron chi connectivity index (χ2n) is 4.25. The van der Waals surface area contributed by atoms with E-state index in [2.05, 4.69) is 0 Å². The smallest absolute Gasteiger partial charge is 0.414 e. The molecule has 1 aromatic rings. The first-order chi connectivity index (χ1) is 9.83. The van der Waals surface area contributed by atoms with Gasteiger partial charge in [-0.3, -0.25) is 10.1 Å². The second-order valence-corrected chi connectivity index (χ2v) is 5.07. The second kappa shape index (κ2) is 7.67. The SMILES string of the molecule is CC(C)OC(=O)NC(=O)/C(C#N)=C/c1ccc(Cl)c(Cl)c1. The Morgan fingerprint density at radius 2 is 2.00 bits per heavy atom. The van der Waals surface area contributed by atoms with Crippen LogP contribution in [0.5, 0.6) is 0 Å². The fraction of sp³-hybridized carbons (Fsp3) is 0.214. The Kier molecular flexibility index (Phi) is 6.22. The number of halogens is 2. The molecule has 1 N–H and O–H groups in total. The molecule has 0 aromatic heterocycles. The van der Waals surface area contributed by atoms with Gasteiger partial charge in [-0.2, -0.15) is 5.26 Å². The van der Waals surface area contributed by atoms with Gasteiger partial charge in [-0.25, -0.2) is 4.79 Å². The van der Waals surface area contributed by atoms with Crippen molar-refractivity contribution in [2.24, 2.45) is 0 Å². The highest BCUT2D eigenvalue weighted by molar-refractivity contribution is 6.42. The first-order valence-corrected chi connectivity index (χ1v) is 6.68. The van der Waals surface area contributed by atoms with Crippen molar-refractivity contribution in [1.82, 2.24) is 5.32 Å². The highest BCUT2D eigenvalue weighted by atomic mass is 35.5. The van der Waals surface area contributed by atoms with Crippen LogP contribution in [0.4, 0.5) is 4.79 Å². The summed E-state index contributed by atoms with van der Waals surface area (Å²) in [5.41, 5.74) is 0.252. The fourth-order valence-electron chi connectivity index (χ4n) is 1.32. The van der Waals surface area contributed by atoms with Crippen molar-refractivity contribution in [1.29, 1.82) is 5.26 Å². The van der Waals surface area contributed by atoms with Crippen LogP contribution in [0.2, 0.25) is 10.0 Å². The quantitative estimate of drug-likeness (QED) is 0.680. The molecule has 1 rings (SSSR count). The molecule has 0 aliphatic heterocycles. The maximum absolute atomic E-state index is 11.8. The molecule has 0 saturated carbocycles. The van der Waals surface area contributed by atoms with Crippen LogP contribution in [0, 0.1) is 11.3 Å². The van der Waals surface area contributed by atoms with Crippen LogP contribution in [0.3, 0.4) is 0 Å². The molecule has 2 amide bonds. The number of imide groups is 1. The lowest BCUT2D eigenvalue weighted by atomic mass is 10.1. The number of rotatable bonds is 3. The van der Waals surface area contributed by atoms with Gasteiger partial charge in [0, 0.05) is 0 Å². The molecule has 110 valence electrons. The molecule has 5 nitrogen and oxygen atoms in total. The summed E-state index contributed by atoms with van der Waals surface area (Å²) in [7, 11) is 0. The number of ether oxygens (including phenoxy) is 1. The minimum absolute atomic E-state index is 0.255. The molecule has 7 heteroatoms. The van der Waals surface area contributed by atoms with Gasteiger partial charge in [0.15, 0.2) is 0 Å². The molecule has 0 spiro atoms. The molecule has 0 saturated heterocycles. The summed E-state index contributed by atoms with van der Waals surface area (Å²) < 4.78 is 4.75. The fourth-order valence-corrected chi connectivity index (χ4v) is 1.63. The van der Waals surface area contributed by atoms with Crippen LogP contribution in [0.1, 0.15) is 19.4 Å². The largest absolute Gasteiger partial charge is 0.447 e. The molecule has 0 heterocycles. The van der Waals surface area contributed by atoms with Gasteiger partial charge in [0.2, 0.25) is 0 Å². The zero-order chi connectivity index (χ0) is 16.0. The van der Waals surface area contributed by atoms with E-state index < -0.39 is 12.0 Å². The van der Waals surface area contributed by atoms with Crippen LogP contribution in [0.25, 0.3) is 6.08 Å². The van der Waals surface area contributed by atoms with Gasteiger partial charge in [0.05, 0.1) is 16.1 Å². The molecule has 0 unspecified atom stereocenters. The van der Waals surface area contributed by atoms with Crippen molar-refractivity contribution in [2.75, 3.05) is 0 Å². The third kappa shape index (κ3) is 5.46. The van der Waals surface area contributed by atoms with E-state index in [9.17, 15) is 9.59 Å². The maximum Gasteiger partial charge on any atom is 0.414 e. The predicted octanol–water partition coefficient (Wildman–Crippen LogP) is 3.56. The van der Waals surface area contributed by atoms with Crippen LogP contribution in [-0.2, 0) is 9.53 Å². The molecule has 0 aliphatic rings. The first kappa shape index (κ1) is 17.0. The summed E-state index contributed by atoms with van der Waals surface area (Å²) in [6.07, 6.45) is 0.00730. The monoisotopic (exact) mass is 326 g/mol. The summed E-state index contributed by atoms with van der Waals surface area (Å²) in [5.74, 6) is -0.853. The number of carbonyl (C=O) groups is 2. The average Bonchev–Trinajstić information content (AvgIpc) is 2.38. The van der Waals surface area contributed by atoms with E-state index in [-0.39, 0.29) is 11.7 Å². The highest BCUT2D eigenvalue weighted by Gasteiger charge is 2.15. The van der Waals surface area contributed by atoms with Crippen LogP contribution >= 0.6 is 23.2 Å². The van der Waals surface area contributed by atoms with Gasteiger partial charge >= 0.3 is 6.09 Å². The number of nitrogens with one attached hydrogen (secondary N) is 1. The third-order valence-corrected chi connectivity index (χ3v) is 2.92. The van der Waals surface area contributed by atoms with Crippen molar-refractivity contribution < 1.29 is 14.3 Å². The van der Waals surface area contributed by atoms with E-state index in [1.54, 1.807) is 26.0 Å². The maximum atomic E-state index is 11.8. The molecule has 21 heavy (non-hydrogen) atoms. The normalized spacial score (nSPS) is 11.0. The Hall–Kier alpha value is -2.03. The predicted molar refractivity (Wildman–Crippen MR) is 79.8 cm³/mol. The number of hydrogen-bond acceptors (Lipinski definition) is 4. The number of nitriles is 1. The van der Waals surface area contributed by atoms with Gasteiger partial charge in [-0.15, -0.1) is 0 Å². The molecule has 0 bridgehead atoms. The Morgan fingerprint density at radius 1 is 1.33 bits per heavy atom. The summed E-state index contributed by atoms with van der Waals surface area (Å²) in [6.45, 7) is 3.28. The molecule has 1 aromatic carbocycles. The van der Waals surface area contributed by atoms with Crippen molar-refractivity contribution in [3.8, 4) is 6.07 Å². The van der Waals surface area contributed by atoms with Crippen LogP contribution in [0.15, 0.2) is 23.8 Å². The first-order valence-electron chi connectivity index (χ1n) is 5.92. The van der Waals surface area contributed by atoms with E-state index in [1.807, 2.05) is 5.32 Å². The Morgan fingerprint density at radius 3 is 2.52 bits per heavy atom. The van der Waals surface area contributed by atoms with Crippen molar-refractivity contribution in [3.05, 3.63) is 39.4 Å². The van der Waals surface area contributed by atoms with Gasteiger partial charge < -0.3 is 4.74 Å². The van der Waals surface area contributed by atoms with Crippen molar-refractivity contribution in [2.45, 2.75) is 20.0 Å². The Bertz CT molecular complexity index is 634. The molecular formula is C14H12Cl2N2O3. The van der Waals surface area contributed by atoms with Crippen molar-refractivity contribution in [3.63, 3.8) is 0 Å². The topological polar surface area (TPSA) is 79.2 Å². The molecular weight excluding hydrogens is 315 g/mol. The van der Waals surface area contributed by atoms with E-state index in [1.165, 1.54) is 18.2 Å². The lowest BCUT2D eigenvalue weighted by Gasteiger charge is -2.08. The summed E-state index contributed by atoms with van der Waals surface area (Å²) in [6, 6.07) is 6.34. The lowest BCUT2D eigenvalue weighted by Crippen LogP contribution is -2.33.